The molecule has 0 aromatic rings. The SMILES string of the molecule is C=C[C@](C)(CC/C=C(\C)CC/C=C(\C)CC(O)/C=C(\C)C(=O)O)O[C@@H]1O[C@H](CO)[C@@H](O)[C@H](O)[C@H]1O. The molecule has 0 aromatic carbocycles. The fourth-order valence-electron chi connectivity index (χ4n) is 3.72. The minimum atomic E-state index is -1.50. The van der Waals surface area contributed by atoms with Crippen molar-refractivity contribution in [2.45, 2.75) is 102 Å². The van der Waals surface area contributed by atoms with Crippen molar-refractivity contribution in [2.24, 2.45) is 0 Å². The summed E-state index contributed by atoms with van der Waals surface area (Å²) in [4.78, 5) is 10.8. The number of aliphatic carboxylic acids is 1. The van der Waals surface area contributed by atoms with Crippen molar-refractivity contribution in [3.63, 3.8) is 0 Å². The van der Waals surface area contributed by atoms with Gasteiger partial charge in [0.25, 0.3) is 0 Å². The highest BCUT2D eigenvalue weighted by atomic mass is 16.7. The zero-order chi connectivity index (χ0) is 26.8. The Balaban J connectivity index is 2.57. The van der Waals surface area contributed by atoms with E-state index in [1.165, 1.54) is 13.0 Å². The lowest BCUT2D eigenvalue weighted by Crippen LogP contribution is -2.60. The molecule has 0 spiro atoms. The van der Waals surface area contributed by atoms with Gasteiger partial charge in [-0.2, -0.15) is 0 Å². The van der Waals surface area contributed by atoms with Gasteiger partial charge in [0.05, 0.1) is 18.3 Å². The van der Waals surface area contributed by atoms with Gasteiger partial charge in [-0.1, -0.05) is 29.4 Å². The first kappa shape index (κ1) is 31.2. The van der Waals surface area contributed by atoms with Crippen LogP contribution in [0.5, 0.6) is 0 Å². The lowest BCUT2D eigenvalue weighted by molar-refractivity contribution is -0.319. The monoisotopic (exact) mass is 498 g/mol. The third-order valence-corrected chi connectivity index (χ3v) is 6.14. The molecule has 1 heterocycles. The number of carboxylic acids is 1. The minimum Gasteiger partial charge on any atom is -0.478 e. The molecular formula is C26H42O9. The zero-order valence-corrected chi connectivity index (χ0v) is 21.1. The predicted octanol–water partition coefficient (Wildman–Crippen LogP) is 1.98. The number of hydrogen-bond acceptors (Lipinski definition) is 8. The summed E-state index contributed by atoms with van der Waals surface area (Å²) in [5.74, 6) is -1.04. The van der Waals surface area contributed by atoms with Crippen LogP contribution in [0, 0.1) is 0 Å². The second-order valence-corrected chi connectivity index (χ2v) is 9.44. The summed E-state index contributed by atoms with van der Waals surface area (Å²) < 4.78 is 11.3. The maximum Gasteiger partial charge on any atom is 0.331 e. The predicted molar refractivity (Wildman–Crippen MR) is 131 cm³/mol. The molecule has 1 aliphatic heterocycles. The van der Waals surface area contributed by atoms with Gasteiger partial charge in [0.2, 0.25) is 0 Å². The molecule has 0 radical (unpaired) electrons. The first-order chi connectivity index (χ1) is 16.3. The number of aliphatic hydroxyl groups is 5. The molecular weight excluding hydrogens is 456 g/mol. The average molecular weight is 499 g/mol. The number of carbonyl (C=O) groups is 1. The Kier molecular flexibility index (Phi) is 13.0. The van der Waals surface area contributed by atoms with Crippen LogP contribution in [-0.2, 0) is 14.3 Å². The molecule has 1 rings (SSSR count). The molecule has 0 amide bonds. The molecule has 0 bridgehead atoms. The fraction of sp³-hybridized carbons (Fsp3) is 0.654. The zero-order valence-electron chi connectivity index (χ0n) is 21.1. The molecule has 1 fully saturated rings. The minimum absolute atomic E-state index is 0.117. The van der Waals surface area contributed by atoms with Crippen LogP contribution in [0.2, 0.25) is 0 Å². The second-order valence-electron chi connectivity index (χ2n) is 9.44. The van der Waals surface area contributed by atoms with Gasteiger partial charge in [0, 0.05) is 5.57 Å². The number of ether oxygens (including phenoxy) is 2. The summed E-state index contributed by atoms with van der Waals surface area (Å²) in [6.45, 7) is 10.4. The van der Waals surface area contributed by atoms with E-state index in [9.17, 15) is 30.3 Å². The van der Waals surface area contributed by atoms with E-state index in [4.69, 9.17) is 14.6 Å². The van der Waals surface area contributed by atoms with Crippen molar-refractivity contribution in [3.8, 4) is 0 Å². The molecule has 9 nitrogen and oxygen atoms in total. The highest BCUT2D eigenvalue weighted by Gasteiger charge is 2.45. The van der Waals surface area contributed by atoms with Crippen molar-refractivity contribution < 1.29 is 44.9 Å². The second kappa shape index (κ2) is 14.6. The number of allylic oxidation sites excluding steroid dienone is 3. The average Bonchev–Trinajstić information content (AvgIpc) is 2.79. The largest absolute Gasteiger partial charge is 0.478 e. The van der Waals surface area contributed by atoms with Crippen LogP contribution >= 0.6 is 0 Å². The molecule has 1 unspecified atom stereocenters. The normalized spacial score (nSPS) is 28.9. The molecule has 1 saturated heterocycles. The molecule has 35 heavy (non-hydrogen) atoms. The molecule has 200 valence electrons. The van der Waals surface area contributed by atoms with Gasteiger partial charge >= 0.3 is 5.97 Å². The summed E-state index contributed by atoms with van der Waals surface area (Å²) in [5.41, 5.74) is 1.38. The Morgan fingerprint density at radius 1 is 1.09 bits per heavy atom. The summed E-state index contributed by atoms with van der Waals surface area (Å²) >= 11 is 0. The molecule has 9 heteroatoms. The maximum absolute atomic E-state index is 10.8. The highest BCUT2D eigenvalue weighted by molar-refractivity contribution is 5.85. The van der Waals surface area contributed by atoms with E-state index in [0.29, 0.717) is 19.3 Å². The molecule has 1 aliphatic rings. The van der Waals surface area contributed by atoms with Crippen molar-refractivity contribution in [1.82, 2.24) is 0 Å². The van der Waals surface area contributed by atoms with Crippen LogP contribution in [-0.4, -0.2) is 85.6 Å². The van der Waals surface area contributed by atoms with E-state index in [1.54, 1.807) is 13.0 Å². The maximum atomic E-state index is 10.8. The van der Waals surface area contributed by atoms with Crippen molar-refractivity contribution in [3.05, 3.63) is 47.6 Å². The Labute approximate surface area is 207 Å². The van der Waals surface area contributed by atoms with Gasteiger partial charge in [-0.05, 0) is 65.9 Å². The van der Waals surface area contributed by atoms with Crippen LogP contribution in [0.25, 0.3) is 0 Å². The first-order valence-corrected chi connectivity index (χ1v) is 11.9. The molecule has 7 atom stereocenters. The number of aliphatic hydroxyl groups excluding tert-OH is 5. The molecule has 0 aliphatic carbocycles. The third kappa shape index (κ3) is 10.3. The van der Waals surface area contributed by atoms with Gasteiger partial charge in [0.15, 0.2) is 6.29 Å². The van der Waals surface area contributed by atoms with Gasteiger partial charge in [0.1, 0.15) is 24.4 Å². The van der Waals surface area contributed by atoms with Crippen molar-refractivity contribution >= 4 is 5.97 Å². The number of rotatable bonds is 14. The Morgan fingerprint density at radius 3 is 2.29 bits per heavy atom. The van der Waals surface area contributed by atoms with E-state index in [0.717, 1.165) is 24.0 Å². The molecule has 6 N–H and O–H groups in total. The highest BCUT2D eigenvalue weighted by Crippen LogP contribution is 2.29. The van der Waals surface area contributed by atoms with E-state index in [1.807, 2.05) is 19.9 Å². The lowest BCUT2D eigenvalue weighted by atomic mass is 9.96. The quantitative estimate of drug-likeness (QED) is 0.156. The van der Waals surface area contributed by atoms with Crippen molar-refractivity contribution in [2.75, 3.05) is 6.61 Å². The summed E-state index contributed by atoms with van der Waals surface area (Å²) in [6.07, 6.45) is 2.68. The Morgan fingerprint density at radius 2 is 1.71 bits per heavy atom. The van der Waals surface area contributed by atoms with Crippen LogP contribution in [0.4, 0.5) is 0 Å². The number of hydrogen-bond donors (Lipinski definition) is 6. The third-order valence-electron chi connectivity index (χ3n) is 6.14. The van der Waals surface area contributed by atoms with Crippen molar-refractivity contribution in [1.29, 1.82) is 0 Å². The molecule has 0 saturated carbocycles. The smallest absolute Gasteiger partial charge is 0.331 e. The topological polar surface area (TPSA) is 157 Å². The molecule has 0 aromatic heterocycles. The van der Waals surface area contributed by atoms with Crippen LogP contribution in [0.3, 0.4) is 0 Å². The van der Waals surface area contributed by atoms with Crippen LogP contribution in [0.15, 0.2) is 47.6 Å². The lowest BCUT2D eigenvalue weighted by Gasteiger charge is -2.42. The van der Waals surface area contributed by atoms with Crippen LogP contribution < -0.4 is 0 Å². The summed E-state index contributed by atoms with van der Waals surface area (Å²) in [5, 5.41) is 58.3. The van der Waals surface area contributed by atoms with E-state index in [-0.39, 0.29) is 5.57 Å². The van der Waals surface area contributed by atoms with E-state index in [2.05, 4.69) is 12.7 Å². The van der Waals surface area contributed by atoms with E-state index < -0.39 is 55.0 Å². The number of carboxylic acid groups (broad SMARTS) is 1. The van der Waals surface area contributed by atoms with Gasteiger partial charge in [-0.25, -0.2) is 4.79 Å². The fourth-order valence-corrected chi connectivity index (χ4v) is 3.72. The van der Waals surface area contributed by atoms with Gasteiger partial charge < -0.3 is 40.1 Å². The van der Waals surface area contributed by atoms with E-state index >= 15 is 0 Å². The summed E-state index contributed by atoms with van der Waals surface area (Å²) in [6, 6.07) is 0. The Hall–Kier alpha value is -1.85. The van der Waals surface area contributed by atoms with Gasteiger partial charge in [-0.15, -0.1) is 6.58 Å². The van der Waals surface area contributed by atoms with Crippen LogP contribution in [0.1, 0.15) is 59.8 Å². The first-order valence-electron chi connectivity index (χ1n) is 11.9. The standard InChI is InChI=1S/C26H42O9/c1-6-26(5,35-25-23(31)22(30)21(29)20(15-27)34-25)12-8-11-16(2)9-7-10-17(3)13-19(28)14-18(4)24(32)33/h6,10-11,14,19-23,25,27-31H,1,7-9,12-13,15H2,2-5H3,(H,32,33)/b16-11+,17-10+,18-14+/t19?,20-,21-,22+,23-,25+,26-/m1/s1. The summed E-state index contributed by atoms with van der Waals surface area (Å²) in [7, 11) is 0. The van der Waals surface area contributed by atoms with Gasteiger partial charge in [-0.3, -0.25) is 0 Å². The Bertz CT molecular complexity index is 786.